The van der Waals surface area contributed by atoms with Crippen LogP contribution < -0.4 is 19.9 Å². The Morgan fingerprint density at radius 3 is 2.57 bits per heavy atom. The van der Waals surface area contributed by atoms with Crippen LogP contribution in [0.4, 0.5) is 0 Å². The standard InChI is InChI=1S/C17H19NO3/c1-19-15-5-3-13(4-6-15)14(10-18)8-12-2-7-16-17(9-12)21-11-20-16/h2-7,9,14H,8,10-11,18H2,1H3. The summed E-state index contributed by atoms with van der Waals surface area (Å²) in [6.45, 7) is 0.901. The molecule has 1 unspecified atom stereocenters. The Kier molecular flexibility index (Phi) is 3.97. The van der Waals surface area contributed by atoms with Crippen LogP contribution in [0.15, 0.2) is 42.5 Å². The largest absolute Gasteiger partial charge is 0.497 e. The highest BCUT2D eigenvalue weighted by atomic mass is 16.7. The Bertz CT molecular complexity index is 610. The molecule has 0 saturated carbocycles. The van der Waals surface area contributed by atoms with Crippen LogP contribution in [-0.2, 0) is 6.42 Å². The van der Waals surface area contributed by atoms with Crippen molar-refractivity contribution in [3.63, 3.8) is 0 Å². The molecule has 4 heteroatoms. The lowest BCUT2D eigenvalue weighted by atomic mass is 9.92. The quantitative estimate of drug-likeness (QED) is 0.917. The fourth-order valence-electron chi connectivity index (χ4n) is 2.57. The number of fused-ring (bicyclic) bond motifs is 1. The molecule has 2 N–H and O–H groups in total. The molecule has 1 aliphatic heterocycles. The van der Waals surface area contributed by atoms with Crippen LogP contribution in [0.5, 0.6) is 17.2 Å². The van der Waals surface area contributed by atoms with Crippen molar-refractivity contribution in [3.8, 4) is 17.2 Å². The molecule has 0 amide bonds. The predicted molar refractivity (Wildman–Crippen MR) is 81.1 cm³/mol. The molecule has 3 rings (SSSR count). The van der Waals surface area contributed by atoms with E-state index in [1.165, 1.54) is 11.1 Å². The zero-order chi connectivity index (χ0) is 14.7. The minimum absolute atomic E-state index is 0.274. The summed E-state index contributed by atoms with van der Waals surface area (Å²) < 4.78 is 15.9. The first-order valence-corrected chi connectivity index (χ1v) is 7.02. The zero-order valence-corrected chi connectivity index (χ0v) is 12.0. The van der Waals surface area contributed by atoms with Gasteiger partial charge in [-0.3, -0.25) is 0 Å². The topological polar surface area (TPSA) is 53.7 Å². The monoisotopic (exact) mass is 285 g/mol. The van der Waals surface area contributed by atoms with E-state index < -0.39 is 0 Å². The molecule has 0 bridgehead atoms. The maximum absolute atomic E-state index is 5.95. The Labute approximate surface area is 124 Å². The van der Waals surface area contributed by atoms with Gasteiger partial charge in [-0.25, -0.2) is 0 Å². The second-order valence-corrected chi connectivity index (χ2v) is 5.10. The van der Waals surface area contributed by atoms with E-state index in [-0.39, 0.29) is 5.92 Å². The summed E-state index contributed by atoms with van der Waals surface area (Å²) in [5.41, 5.74) is 8.37. The number of rotatable bonds is 5. The number of methoxy groups -OCH3 is 1. The lowest BCUT2D eigenvalue weighted by Gasteiger charge is -2.16. The van der Waals surface area contributed by atoms with Crippen LogP contribution in [0.2, 0.25) is 0 Å². The first-order valence-electron chi connectivity index (χ1n) is 7.02. The fraction of sp³-hybridized carbons (Fsp3) is 0.294. The minimum Gasteiger partial charge on any atom is -0.497 e. The first kappa shape index (κ1) is 13.8. The highest BCUT2D eigenvalue weighted by Gasteiger charge is 2.16. The fourth-order valence-corrected chi connectivity index (χ4v) is 2.57. The van der Waals surface area contributed by atoms with Crippen LogP contribution in [0.25, 0.3) is 0 Å². The van der Waals surface area contributed by atoms with E-state index >= 15 is 0 Å². The highest BCUT2D eigenvalue weighted by molar-refractivity contribution is 5.45. The van der Waals surface area contributed by atoms with Gasteiger partial charge in [-0.05, 0) is 48.4 Å². The SMILES string of the molecule is COc1ccc(C(CN)Cc2ccc3c(c2)OCO3)cc1. The van der Waals surface area contributed by atoms with Gasteiger partial charge in [0.15, 0.2) is 11.5 Å². The normalized spacial score (nSPS) is 14.0. The van der Waals surface area contributed by atoms with E-state index in [2.05, 4.69) is 18.2 Å². The van der Waals surface area contributed by atoms with E-state index in [9.17, 15) is 0 Å². The van der Waals surface area contributed by atoms with E-state index in [4.69, 9.17) is 19.9 Å². The number of hydrogen-bond acceptors (Lipinski definition) is 4. The Hall–Kier alpha value is -2.20. The zero-order valence-electron chi connectivity index (χ0n) is 12.0. The number of hydrogen-bond donors (Lipinski definition) is 1. The maximum Gasteiger partial charge on any atom is 0.231 e. The smallest absolute Gasteiger partial charge is 0.231 e. The number of nitrogens with two attached hydrogens (primary N) is 1. The van der Waals surface area contributed by atoms with Crippen molar-refractivity contribution >= 4 is 0 Å². The van der Waals surface area contributed by atoms with Crippen molar-refractivity contribution in [1.29, 1.82) is 0 Å². The molecule has 110 valence electrons. The molecule has 0 radical (unpaired) electrons. The summed E-state index contributed by atoms with van der Waals surface area (Å²) in [5, 5.41) is 0. The van der Waals surface area contributed by atoms with Crippen molar-refractivity contribution in [1.82, 2.24) is 0 Å². The summed E-state index contributed by atoms with van der Waals surface area (Å²) >= 11 is 0. The van der Waals surface area contributed by atoms with E-state index in [0.717, 1.165) is 23.7 Å². The molecule has 1 atom stereocenters. The average Bonchev–Trinajstić information content (AvgIpc) is 3.00. The van der Waals surface area contributed by atoms with Crippen LogP contribution in [-0.4, -0.2) is 20.4 Å². The van der Waals surface area contributed by atoms with Gasteiger partial charge in [0.05, 0.1) is 7.11 Å². The summed E-state index contributed by atoms with van der Waals surface area (Å²) in [7, 11) is 1.67. The Morgan fingerprint density at radius 2 is 1.86 bits per heavy atom. The van der Waals surface area contributed by atoms with Crippen molar-refractivity contribution in [2.45, 2.75) is 12.3 Å². The molecule has 21 heavy (non-hydrogen) atoms. The van der Waals surface area contributed by atoms with Gasteiger partial charge in [0.1, 0.15) is 5.75 Å². The second kappa shape index (κ2) is 6.06. The van der Waals surface area contributed by atoms with Gasteiger partial charge in [0.25, 0.3) is 0 Å². The van der Waals surface area contributed by atoms with Crippen LogP contribution in [0, 0.1) is 0 Å². The lowest BCUT2D eigenvalue weighted by Crippen LogP contribution is -2.15. The van der Waals surface area contributed by atoms with Gasteiger partial charge in [-0.2, -0.15) is 0 Å². The van der Waals surface area contributed by atoms with Gasteiger partial charge < -0.3 is 19.9 Å². The van der Waals surface area contributed by atoms with Crippen LogP contribution in [0.1, 0.15) is 17.0 Å². The minimum atomic E-state index is 0.274. The summed E-state index contributed by atoms with van der Waals surface area (Å²) in [5.74, 6) is 2.76. The van der Waals surface area contributed by atoms with Crippen LogP contribution >= 0.6 is 0 Å². The number of ether oxygens (including phenoxy) is 3. The van der Waals surface area contributed by atoms with Crippen molar-refractivity contribution in [2.75, 3.05) is 20.4 Å². The van der Waals surface area contributed by atoms with Crippen molar-refractivity contribution in [2.24, 2.45) is 5.73 Å². The third-order valence-corrected chi connectivity index (χ3v) is 3.79. The maximum atomic E-state index is 5.95. The molecule has 0 fully saturated rings. The van der Waals surface area contributed by atoms with E-state index in [1.807, 2.05) is 24.3 Å². The molecule has 0 aliphatic carbocycles. The molecule has 2 aromatic carbocycles. The van der Waals surface area contributed by atoms with Gasteiger partial charge in [0, 0.05) is 5.92 Å². The molecule has 0 aromatic heterocycles. The molecule has 2 aromatic rings. The Morgan fingerprint density at radius 1 is 1.10 bits per heavy atom. The van der Waals surface area contributed by atoms with Crippen molar-refractivity contribution < 1.29 is 14.2 Å². The third kappa shape index (κ3) is 2.95. The molecule has 1 aliphatic rings. The summed E-state index contributed by atoms with van der Waals surface area (Å²) in [4.78, 5) is 0. The summed E-state index contributed by atoms with van der Waals surface area (Å²) in [6.07, 6.45) is 0.874. The van der Waals surface area contributed by atoms with Gasteiger partial charge >= 0.3 is 0 Å². The number of benzene rings is 2. The summed E-state index contributed by atoms with van der Waals surface area (Å²) in [6, 6.07) is 14.1. The average molecular weight is 285 g/mol. The molecule has 1 heterocycles. The van der Waals surface area contributed by atoms with Gasteiger partial charge in [-0.1, -0.05) is 18.2 Å². The van der Waals surface area contributed by atoms with Gasteiger partial charge in [-0.15, -0.1) is 0 Å². The Balaban J connectivity index is 1.77. The molecule has 0 spiro atoms. The van der Waals surface area contributed by atoms with Gasteiger partial charge in [0.2, 0.25) is 6.79 Å². The van der Waals surface area contributed by atoms with Crippen molar-refractivity contribution in [3.05, 3.63) is 53.6 Å². The first-order chi connectivity index (χ1) is 10.3. The highest BCUT2D eigenvalue weighted by Crippen LogP contribution is 2.34. The lowest BCUT2D eigenvalue weighted by molar-refractivity contribution is 0.174. The predicted octanol–water partition coefficient (Wildman–Crippen LogP) is 2.71. The molecular weight excluding hydrogens is 266 g/mol. The molecule has 4 nitrogen and oxygen atoms in total. The van der Waals surface area contributed by atoms with E-state index in [1.54, 1.807) is 7.11 Å². The second-order valence-electron chi connectivity index (χ2n) is 5.10. The molecular formula is C17H19NO3. The molecule has 0 saturated heterocycles. The third-order valence-electron chi connectivity index (χ3n) is 3.79. The van der Waals surface area contributed by atoms with Crippen LogP contribution in [0.3, 0.4) is 0 Å². The van der Waals surface area contributed by atoms with E-state index in [0.29, 0.717) is 13.3 Å².